The van der Waals surface area contributed by atoms with Crippen LogP contribution >= 0.6 is 0 Å². The molecule has 1 aromatic carbocycles. The highest BCUT2D eigenvalue weighted by Crippen LogP contribution is 2.29. The summed E-state index contributed by atoms with van der Waals surface area (Å²) in [6.07, 6.45) is 0.959. The summed E-state index contributed by atoms with van der Waals surface area (Å²) in [5, 5.41) is 4.41. The molecule has 0 unspecified atom stereocenters. The van der Waals surface area contributed by atoms with Crippen LogP contribution in [-0.4, -0.2) is 28.5 Å². The van der Waals surface area contributed by atoms with Gasteiger partial charge in [-0.05, 0) is 23.8 Å². The molecule has 0 saturated heterocycles. The maximum Gasteiger partial charge on any atom is 0.181 e. The summed E-state index contributed by atoms with van der Waals surface area (Å²) in [4.78, 5) is 4.48. The van der Waals surface area contributed by atoms with E-state index in [1.807, 2.05) is 19.2 Å². The van der Waals surface area contributed by atoms with Gasteiger partial charge in [0.1, 0.15) is 12.4 Å². The van der Waals surface area contributed by atoms with E-state index in [4.69, 9.17) is 9.47 Å². The Bertz CT molecular complexity index is 578. The predicted molar refractivity (Wildman–Crippen MR) is 66.4 cm³/mol. The normalized spacial score (nSPS) is 13.4. The minimum absolute atomic E-state index is 0.470. The van der Waals surface area contributed by atoms with Crippen molar-refractivity contribution in [2.75, 3.05) is 13.7 Å². The monoisotopic (exact) mass is 245 g/mol. The number of ether oxygens (including phenoxy) is 2. The van der Waals surface area contributed by atoms with Gasteiger partial charge < -0.3 is 9.47 Å². The van der Waals surface area contributed by atoms with E-state index in [1.54, 1.807) is 11.8 Å². The van der Waals surface area contributed by atoms with Gasteiger partial charge in [0, 0.05) is 26.1 Å². The van der Waals surface area contributed by atoms with E-state index in [0.29, 0.717) is 6.61 Å². The highest BCUT2D eigenvalue weighted by Gasteiger charge is 2.15. The van der Waals surface area contributed by atoms with Crippen LogP contribution in [0.2, 0.25) is 0 Å². The molecule has 0 amide bonds. The number of benzene rings is 1. The molecule has 0 N–H and O–H groups in total. The summed E-state index contributed by atoms with van der Waals surface area (Å²) < 4.78 is 12.3. The molecule has 3 rings (SSSR count). The van der Waals surface area contributed by atoms with Gasteiger partial charge in [0.05, 0.1) is 6.61 Å². The van der Waals surface area contributed by atoms with Gasteiger partial charge in [-0.1, -0.05) is 0 Å². The number of hydrogen-bond donors (Lipinski definition) is 0. The zero-order valence-electron chi connectivity index (χ0n) is 10.5. The van der Waals surface area contributed by atoms with Crippen LogP contribution in [0.15, 0.2) is 18.2 Å². The van der Waals surface area contributed by atoms with Gasteiger partial charge >= 0.3 is 0 Å². The van der Waals surface area contributed by atoms with E-state index >= 15 is 0 Å². The van der Waals surface area contributed by atoms with E-state index < -0.39 is 0 Å². The molecule has 0 spiro atoms. The van der Waals surface area contributed by atoms with E-state index in [0.717, 1.165) is 36.0 Å². The number of rotatable bonds is 3. The van der Waals surface area contributed by atoms with Crippen molar-refractivity contribution in [2.45, 2.75) is 13.0 Å². The lowest BCUT2D eigenvalue weighted by molar-refractivity contribution is 0.174. The quantitative estimate of drug-likeness (QED) is 0.823. The Hall–Kier alpha value is -1.88. The summed E-state index contributed by atoms with van der Waals surface area (Å²) in [6.45, 7) is 1.24. The topological polar surface area (TPSA) is 49.2 Å². The SMILES string of the molecule is COCc1nc(-c2ccc3c(c2)CCO3)nn1C. The fraction of sp³-hybridized carbons (Fsp3) is 0.385. The van der Waals surface area contributed by atoms with Gasteiger partial charge in [-0.3, -0.25) is 4.68 Å². The average Bonchev–Trinajstić information content (AvgIpc) is 2.96. The molecular weight excluding hydrogens is 230 g/mol. The van der Waals surface area contributed by atoms with Gasteiger partial charge in [-0.25, -0.2) is 4.98 Å². The lowest BCUT2D eigenvalue weighted by Gasteiger charge is -2.00. The van der Waals surface area contributed by atoms with Crippen LogP contribution in [0.25, 0.3) is 11.4 Å². The van der Waals surface area contributed by atoms with Gasteiger partial charge in [0.25, 0.3) is 0 Å². The number of fused-ring (bicyclic) bond motifs is 1. The minimum Gasteiger partial charge on any atom is -0.493 e. The zero-order valence-corrected chi connectivity index (χ0v) is 10.5. The molecule has 5 heteroatoms. The largest absolute Gasteiger partial charge is 0.493 e. The van der Waals surface area contributed by atoms with Crippen LogP contribution in [0.3, 0.4) is 0 Å². The molecule has 0 fully saturated rings. The molecule has 0 saturated carbocycles. The number of methoxy groups -OCH3 is 1. The Morgan fingerprint density at radius 2 is 2.33 bits per heavy atom. The minimum atomic E-state index is 0.470. The lowest BCUT2D eigenvalue weighted by atomic mass is 10.1. The molecule has 94 valence electrons. The summed E-state index contributed by atoms with van der Waals surface area (Å²) in [7, 11) is 3.53. The maximum absolute atomic E-state index is 5.49. The Labute approximate surface area is 105 Å². The summed E-state index contributed by atoms with van der Waals surface area (Å²) in [5.41, 5.74) is 2.26. The first kappa shape index (κ1) is 11.2. The van der Waals surface area contributed by atoms with Crippen LogP contribution in [0.5, 0.6) is 5.75 Å². The van der Waals surface area contributed by atoms with Crippen LogP contribution in [0, 0.1) is 0 Å². The lowest BCUT2D eigenvalue weighted by Crippen LogP contribution is -2.00. The molecule has 5 nitrogen and oxygen atoms in total. The summed E-state index contributed by atoms with van der Waals surface area (Å²) in [5.74, 6) is 2.54. The zero-order chi connectivity index (χ0) is 12.5. The number of nitrogens with zero attached hydrogens (tertiary/aromatic N) is 3. The van der Waals surface area contributed by atoms with Crippen LogP contribution < -0.4 is 4.74 Å². The summed E-state index contributed by atoms with van der Waals surface area (Å²) in [6, 6.07) is 6.09. The van der Waals surface area contributed by atoms with Crippen molar-refractivity contribution in [2.24, 2.45) is 7.05 Å². The third-order valence-corrected chi connectivity index (χ3v) is 3.07. The van der Waals surface area contributed by atoms with Gasteiger partial charge in [-0.2, -0.15) is 5.10 Å². The van der Waals surface area contributed by atoms with Gasteiger partial charge in [0.15, 0.2) is 11.6 Å². The Morgan fingerprint density at radius 3 is 3.17 bits per heavy atom. The standard InChI is InChI=1S/C13H15N3O2/c1-16-12(8-17-2)14-13(15-16)10-3-4-11-9(7-10)5-6-18-11/h3-4,7H,5-6,8H2,1-2H3. The fourth-order valence-electron chi connectivity index (χ4n) is 2.12. The molecule has 1 aromatic heterocycles. The first-order chi connectivity index (χ1) is 8.78. The second-order valence-electron chi connectivity index (χ2n) is 4.33. The molecule has 0 radical (unpaired) electrons. The third kappa shape index (κ3) is 1.86. The van der Waals surface area contributed by atoms with E-state index in [9.17, 15) is 0 Å². The van der Waals surface area contributed by atoms with Crippen molar-refractivity contribution in [1.82, 2.24) is 14.8 Å². The van der Waals surface area contributed by atoms with Crippen LogP contribution in [0.4, 0.5) is 0 Å². The molecule has 1 aliphatic rings. The average molecular weight is 245 g/mol. The number of aryl methyl sites for hydroxylation is 1. The maximum atomic E-state index is 5.49. The van der Waals surface area contributed by atoms with Crippen molar-refractivity contribution in [3.05, 3.63) is 29.6 Å². The number of aromatic nitrogens is 3. The molecule has 2 aromatic rings. The molecule has 18 heavy (non-hydrogen) atoms. The second-order valence-corrected chi connectivity index (χ2v) is 4.33. The van der Waals surface area contributed by atoms with Crippen molar-refractivity contribution in [1.29, 1.82) is 0 Å². The molecule has 1 aliphatic heterocycles. The number of hydrogen-bond acceptors (Lipinski definition) is 4. The molecule has 0 aliphatic carbocycles. The smallest absolute Gasteiger partial charge is 0.181 e. The van der Waals surface area contributed by atoms with E-state index in [2.05, 4.69) is 16.1 Å². The van der Waals surface area contributed by atoms with Gasteiger partial charge in [-0.15, -0.1) is 0 Å². The van der Waals surface area contributed by atoms with Crippen molar-refractivity contribution in [3.8, 4) is 17.1 Å². The Morgan fingerprint density at radius 1 is 1.44 bits per heavy atom. The summed E-state index contributed by atoms with van der Waals surface area (Å²) >= 11 is 0. The van der Waals surface area contributed by atoms with E-state index in [1.165, 1.54) is 5.56 Å². The van der Waals surface area contributed by atoms with Crippen LogP contribution in [-0.2, 0) is 24.8 Å². The fourth-order valence-corrected chi connectivity index (χ4v) is 2.12. The Kier molecular flexibility index (Phi) is 2.76. The van der Waals surface area contributed by atoms with Crippen molar-refractivity contribution >= 4 is 0 Å². The first-order valence-corrected chi connectivity index (χ1v) is 5.93. The predicted octanol–water partition coefficient (Wildman–Crippen LogP) is 1.56. The highest BCUT2D eigenvalue weighted by atomic mass is 16.5. The van der Waals surface area contributed by atoms with Gasteiger partial charge in [0.2, 0.25) is 0 Å². The Balaban J connectivity index is 1.97. The molecule has 0 bridgehead atoms. The van der Waals surface area contributed by atoms with Crippen LogP contribution in [0.1, 0.15) is 11.4 Å². The van der Waals surface area contributed by atoms with E-state index in [-0.39, 0.29) is 0 Å². The van der Waals surface area contributed by atoms with Crippen molar-refractivity contribution in [3.63, 3.8) is 0 Å². The molecular formula is C13H15N3O2. The third-order valence-electron chi connectivity index (χ3n) is 3.07. The van der Waals surface area contributed by atoms with Crippen molar-refractivity contribution < 1.29 is 9.47 Å². The highest BCUT2D eigenvalue weighted by molar-refractivity contribution is 5.59. The molecule has 0 atom stereocenters. The second kappa shape index (κ2) is 4.42. The first-order valence-electron chi connectivity index (χ1n) is 5.93. The molecule has 2 heterocycles.